The quantitative estimate of drug-likeness (QED) is 0.425. The van der Waals surface area contributed by atoms with Crippen molar-refractivity contribution in [3.8, 4) is 0 Å². The molecular formula is C19H13FN4O2S. The highest BCUT2D eigenvalue weighted by atomic mass is 32.1. The second-order valence-corrected chi connectivity index (χ2v) is 6.68. The number of Topliss-reactive ketones (excluding diaryl/α,β-unsaturated/α-hetero) is 1. The lowest BCUT2D eigenvalue weighted by Gasteiger charge is -2.05. The molecule has 0 unspecified atom stereocenters. The van der Waals surface area contributed by atoms with Crippen molar-refractivity contribution in [1.29, 1.82) is 0 Å². The van der Waals surface area contributed by atoms with Crippen molar-refractivity contribution < 1.29 is 14.0 Å². The number of fused-ring (bicyclic) bond motifs is 1. The Labute approximate surface area is 157 Å². The van der Waals surface area contributed by atoms with E-state index in [0.717, 1.165) is 22.4 Å². The van der Waals surface area contributed by atoms with E-state index in [-0.39, 0.29) is 16.5 Å². The maximum absolute atomic E-state index is 13.5. The van der Waals surface area contributed by atoms with E-state index in [1.54, 1.807) is 24.4 Å². The Bertz CT molecular complexity index is 1140. The van der Waals surface area contributed by atoms with E-state index in [1.807, 2.05) is 22.8 Å². The number of para-hydroxylation sites is 1. The Balaban J connectivity index is 1.69. The number of rotatable bonds is 5. The SMILES string of the molecule is O=C(Nc1nncs1)C(=O)c1cn(Cc2cccc(F)c2)c2ccccc12. The van der Waals surface area contributed by atoms with Crippen LogP contribution in [0, 0.1) is 5.82 Å². The van der Waals surface area contributed by atoms with Crippen LogP contribution in [-0.2, 0) is 11.3 Å². The van der Waals surface area contributed by atoms with E-state index in [9.17, 15) is 14.0 Å². The largest absolute Gasteiger partial charge is 0.342 e. The van der Waals surface area contributed by atoms with Crippen LogP contribution in [0.15, 0.2) is 60.2 Å². The first-order valence-electron chi connectivity index (χ1n) is 8.06. The lowest BCUT2D eigenvalue weighted by atomic mass is 10.1. The standard InChI is InChI=1S/C19H13FN4O2S/c20-13-5-3-4-12(8-13)9-24-10-15(14-6-1-2-7-16(14)24)17(25)18(26)22-19-23-21-11-27-19/h1-8,10-11H,9H2,(H,22,23,26). The van der Waals surface area contributed by atoms with Gasteiger partial charge in [-0.15, -0.1) is 10.2 Å². The van der Waals surface area contributed by atoms with Crippen LogP contribution in [-0.4, -0.2) is 26.5 Å². The monoisotopic (exact) mass is 380 g/mol. The summed E-state index contributed by atoms with van der Waals surface area (Å²) in [7, 11) is 0. The molecular weight excluding hydrogens is 367 g/mol. The van der Waals surface area contributed by atoms with Gasteiger partial charge in [0.05, 0.1) is 5.56 Å². The molecule has 6 nitrogen and oxygen atoms in total. The molecule has 1 amide bonds. The highest BCUT2D eigenvalue weighted by Gasteiger charge is 2.22. The molecule has 0 bridgehead atoms. The number of benzene rings is 2. The average Bonchev–Trinajstić information content (AvgIpc) is 3.30. The van der Waals surface area contributed by atoms with E-state index in [4.69, 9.17) is 0 Å². The molecule has 8 heteroatoms. The van der Waals surface area contributed by atoms with E-state index in [2.05, 4.69) is 15.5 Å². The lowest BCUT2D eigenvalue weighted by Crippen LogP contribution is -2.22. The van der Waals surface area contributed by atoms with Gasteiger partial charge in [-0.3, -0.25) is 14.9 Å². The van der Waals surface area contributed by atoms with E-state index in [1.165, 1.54) is 17.6 Å². The van der Waals surface area contributed by atoms with Gasteiger partial charge in [0.25, 0.3) is 11.7 Å². The molecule has 0 spiro atoms. The zero-order valence-corrected chi connectivity index (χ0v) is 14.7. The van der Waals surface area contributed by atoms with Gasteiger partial charge in [0.2, 0.25) is 5.13 Å². The molecule has 4 rings (SSSR count). The Morgan fingerprint density at radius 3 is 2.78 bits per heavy atom. The minimum Gasteiger partial charge on any atom is -0.342 e. The first-order chi connectivity index (χ1) is 13.1. The number of nitrogens with zero attached hydrogens (tertiary/aromatic N) is 3. The van der Waals surface area contributed by atoms with Crippen LogP contribution in [0.5, 0.6) is 0 Å². The van der Waals surface area contributed by atoms with Crippen LogP contribution < -0.4 is 5.32 Å². The van der Waals surface area contributed by atoms with Gasteiger partial charge < -0.3 is 4.57 Å². The molecule has 134 valence electrons. The highest BCUT2D eigenvalue weighted by molar-refractivity contribution is 7.13. The van der Waals surface area contributed by atoms with Crippen LogP contribution in [0.1, 0.15) is 15.9 Å². The summed E-state index contributed by atoms with van der Waals surface area (Å²) in [6.07, 6.45) is 1.62. The van der Waals surface area contributed by atoms with Gasteiger partial charge in [-0.25, -0.2) is 4.39 Å². The fourth-order valence-corrected chi connectivity index (χ4v) is 3.33. The summed E-state index contributed by atoms with van der Waals surface area (Å²) in [6.45, 7) is 0.379. The Hall–Kier alpha value is -3.39. The third-order valence-corrected chi connectivity index (χ3v) is 4.67. The van der Waals surface area contributed by atoms with Crippen molar-refractivity contribution in [1.82, 2.24) is 14.8 Å². The molecule has 1 N–H and O–H groups in total. The molecule has 0 atom stereocenters. The first kappa shape index (κ1) is 17.0. The number of carbonyl (C=O) groups is 2. The Morgan fingerprint density at radius 1 is 1.15 bits per heavy atom. The zero-order chi connectivity index (χ0) is 18.8. The summed E-state index contributed by atoms with van der Waals surface area (Å²) in [5.74, 6) is -1.77. The summed E-state index contributed by atoms with van der Waals surface area (Å²) in [6, 6.07) is 13.5. The highest BCUT2D eigenvalue weighted by Crippen LogP contribution is 2.23. The predicted molar refractivity (Wildman–Crippen MR) is 100 cm³/mol. The van der Waals surface area contributed by atoms with Gasteiger partial charge in [-0.05, 0) is 23.8 Å². The summed E-state index contributed by atoms with van der Waals surface area (Å²) in [5.41, 5.74) is 3.29. The summed E-state index contributed by atoms with van der Waals surface area (Å²) in [5, 5.41) is 10.7. The van der Waals surface area contributed by atoms with Gasteiger partial charge in [0, 0.05) is 23.6 Å². The number of carbonyl (C=O) groups excluding carboxylic acids is 2. The molecule has 2 aromatic carbocycles. The summed E-state index contributed by atoms with van der Waals surface area (Å²) in [4.78, 5) is 25.0. The summed E-state index contributed by atoms with van der Waals surface area (Å²) < 4.78 is 15.3. The number of halogens is 1. The molecule has 2 aromatic heterocycles. The topological polar surface area (TPSA) is 76.9 Å². The van der Waals surface area contributed by atoms with Crippen molar-refractivity contribution in [2.24, 2.45) is 0 Å². The minimum absolute atomic E-state index is 0.261. The zero-order valence-electron chi connectivity index (χ0n) is 13.9. The second-order valence-electron chi connectivity index (χ2n) is 5.84. The van der Waals surface area contributed by atoms with E-state index < -0.39 is 11.7 Å². The molecule has 0 aliphatic heterocycles. The third kappa shape index (κ3) is 3.47. The van der Waals surface area contributed by atoms with Crippen LogP contribution in [0.4, 0.5) is 9.52 Å². The maximum atomic E-state index is 13.5. The third-order valence-electron chi connectivity index (χ3n) is 4.06. The Kier molecular flexibility index (Phi) is 4.47. The molecule has 0 fully saturated rings. The number of hydrogen-bond acceptors (Lipinski definition) is 5. The number of aromatic nitrogens is 3. The van der Waals surface area contributed by atoms with Gasteiger partial charge in [-0.1, -0.05) is 41.7 Å². The van der Waals surface area contributed by atoms with Crippen LogP contribution in [0.25, 0.3) is 10.9 Å². The summed E-state index contributed by atoms with van der Waals surface area (Å²) >= 11 is 1.13. The molecule has 4 aromatic rings. The van der Waals surface area contributed by atoms with Crippen molar-refractivity contribution >= 4 is 39.1 Å². The van der Waals surface area contributed by atoms with Crippen molar-refractivity contribution in [2.45, 2.75) is 6.54 Å². The molecule has 0 radical (unpaired) electrons. The van der Waals surface area contributed by atoms with Crippen molar-refractivity contribution in [3.05, 3.63) is 77.2 Å². The van der Waals surface area contributed by atoms with Gasteiger partial charge in [0.15, 0.2) is 0 Å². The normalized spacial score (nSPS) is 10.9. The molecule has 0 saturated carbocycles. The van der Waals surface area contributed by atoms with Crippen LogP contribution in [0.3, 0.4) is 0 Å². The van der Waals surface area contributed by atoms with Crippen molar-refractivity contribution in [3.63, 3.8) is 0 Å². The predicted octanol–water partition coefficient (Wildman–Crippen LogP) is 3.50. The fourth-order valence-electron chi connectivity index (χ4n) is 2.89. The molecule has 0 saturated heterocycles. The van der Waals surface area contributed by atoms with E-state index >= 15 is 0 Å². The number of amides is 1. The second kappa shape index (κ2) is 7.08. The molecule has 0 aliphatic carbocycles. The van der Waals surface area contributed by atoms with Gasteiger partial charge in [-0.2, -0.15) is 0 Å². The lowest BCUT2D eigenvalue weighted by molar-refractivity contribution is -0.112. The smallest absolute Gasteiger partial charge is 0.298 e. The number of nitrogens with one attached hydrogen (secondary N) is 1. The number of hydrogen-bond donors (Lipinski definition) is 1. The molecule has 0 aliphatic rings. The first-order valence-corrected chi connectivity index (χ1v) is 8.94. The van der Waals surface area contributed by atoms with Crippen molar-refractivity contribution in [2.75, 3.05) is 5.32 Å². The maximum Gasteiger partial charge on any atom is 0.298 e. The fraction of sp³-hybridized carbons (Fsp3) is 0.0526. The van der Waals surface area contributed by atoms with Crippen LogP contribution >= 0.6 is 11.3 Å². The Morgan fingerprint density at radius 2 is 2.00 bits per heavy atom. The van der Waals surface area contributed by atoms with Gasteiger partial charge >= 0.3 is 0 Å². The number of ketones is 1. The molecule has 27 heavy (non-hydrogen) atoms. The minimum atomic E-state index is -0.777. The number of anilines is 1. The molecule has 2 heterocycles. The van der Waals surface area contributed by atoms with Gasteiger partial charge in [0.1, 0.15) is 11.3 Å². The average molecular weight is 380 g/mol. The van der Waals surface area contributed by atoms with E-state index in [0.29, 0.717) is 11.9 Å². The van der Waals surface area contributed by atoms with Crippen LogP contribution in [0.2, 0.25) is 0 Å².